The van der Waals surface area contributed by atoms with E-state index in [1.807, 2.05) is 0 Å². The third-order valence-electron chi connectivity index (χ3n) is 6.90. The van der Waals surface area contributed by atoms with Crippen molar-refractivity contribution in [2.24, 2.45) is 0 Å². The van der Waals surface area contributed by atoms with Crippen molar-refractivity contribution in [2.45, 2.75) is 24.5 Å². The summed E-state index contributed by atoms with van der Waals surface area (Å²) in [5, 5.41) is 0. The standard InChI is InChI=1S/C31H25N5O8/c32-31-34-25-22(26(37)35-31)33-17-36(25)27-24(44-30(40)20-14-8-3-9-15-20)23(43-29(39)19-12-6-2-7-13-19)21(42-27)16-41-28(38)18-10-4-1-5-11-18/h1-15,17,21,23-24,27H,16H2,(H3,32,34,35,37)/t21-,23+,24-,27+/m0/s1. The number of hydrogen-bond acceptors (Lipinski definition) is 11. The van der Waals surface area contributed by atoms with Crippen LogP contribution in [0.1, 0.15) is 37.3 Å². The Labute approximate surface area is 249 Å². The minimum atomic E-state index is -1.31. The van der Waals surface area contributed by atoms with Gasteiger partial charge in [-0.25, -0.2) is 19.4 Å². The van der Waals surface area contributed by atoms with Gasteiger partial charge in [-0.3, -0.25) is 14.3 Å². The molecule has 1 aliphatic rings. The van der Waals surface area contributed by atoms with E-state index < -0.39 is 48.0 Å². The fourth-order valence-corrected chi connectivity index (χ4v) is 4.81. The second-order valence-corrected chi connectivity index (χ2v) is 9.78. The maximum atomic E-state index is 13.3. The molecule has 0 amide bonds. The molecule has 2 aromatic heterocycles. The number of esters is 3. The number of nitrogen functional groups attached to an aromatic ring is 1. The third-order valence-corrected chi connectivity index (χ3v) is 6.90. The number of anilines is 1. The molecule has 6 rings (SSSR count). The van der Waals surface area contributed by atoms with E-state index >= 15 is 0 Å². The Morgan fingerprint density at radius 3 is 1.89 bits per heavy atom. The molecule has 222 valence electrons. The fourth-order valence-electron chi connectivity index (χ4n) is 4.81. The quantitative estimate of drug-likeness (QED) is 0.199. The van der Waals surface area contributed by atoms with Crippen molar-refractivity contribution in [1.29, 1.82) is 0 Å². The molecule has 3 heterocycles. The number of nitrogens with two attached hydrogens (primary N) is 1. The number of nitrogens with one attached hydrogen (secondary N) is 1. The zero-order valence-corrected chi connectivity index (χ0v) is 22.9. The zero-order chi connectivity index (χ0) is 30.6. The van der Waals surface area contributed by atoms with Gasteiger partial charge in [-0.1, -0.05) is 54.6 Å². The number of fused-ring (bicyclic) bond motifs is 1. The van der Waals surface area contributed by atoms with Gasteiger partial charge >= 0.3 is 17.9 Å². The summed E-state index contributed by atoms with van der Waals surface area (Å²) in [5.74, 6) is -2.28. The number of carbonyl (C=O) groups is 3. The summed E-state index contributed by atoms with van der Waals surface area (Å²) < 4.78 is 25.0. The summed E-state index contributed by atoms with van der Waals surface area (Å²) >= 11 is 0. The Morgan fingerprint density at radius 1 is 0.795 bits per heavy atom. The molecule has 0 bridgehead atoms. The summed E-state index contributed by atoms with van der Waals surface area (Å²) in [6.45, 7) is -0.376. The Balaban J connectivity index is 1.39. The highest BCUT2D eigenvalue weighted by atomic mass is 16.7. The lowest BCUT2D eigenvalue weighted by molar-refractivity contribution is -0.0606. The van der Waals surface area contributed by atoms with Gasteiger partial charge in [0.15, 0.2) is 29.6 Å². The fraction of sp³-hybridized carbons (Fsp3) is 0.161. The summed E-state index contributed by atoms with van der Waals surface area (Å²) in [6, 6.07) is 24.7. The molecule has 3 aromatic carbocycles. The molecule has 44 heavy (non-hydrogen) atoms. The maximum absolute atomic E-state index is 13.3. The van der Waals surface area contributed by atoms with Gasteiger partial charge < -0.3 is 24.7 Å². The lowest BCUT2D eigenvalue weighted by atomic mass is 10.1. The Kier molecular flexibility index (Phi) is 7.84. The molecule has 4 atom stereocenters. The maximum Gasteiger partial charge on any atom is 0.338 e. The Morgan fingerprint density at radius 2 is 1.32 bits per heavy atom. The monoisotopic (exact) mass is 595 g/mol. The molecule has 3 N–H and O–H groups in total. The number of aromatic amines is 1. The first-order valence-electron chi connectivity index (χ1n) is 13.5. The van der Waals surface area contributed by atoms with Crippen molar-refractivity contribution in [3.63, 3.8) is 0 Å². The van der Waals surface area contributed by atoms with E-state index in [0.29, 0.717) is 5.56 Å². The van der Waals surface area contributed by atoms with Crippen LogP contribution < -0.4 is 11.3 Å². The topological polar surface area (TPSA) is 178 Å². The predicted molar refractivity (Wildman–Crippen MR) is 154 cm³/mol. The van der Waals surface area contributed by atoms with Crippen molar-refractivity contribution >= 4 is 35.0 Å². The molecule has 1 fully saturated rings. The summed E-state index contributed by atoms with van der Waals surface area (Å²) in [5.41, 5.74) is 5.96. The molecular formula is C31H25N5O8. The lowest BCUT2D eigenvalue weighted by Crippen LogP contribution is -2.41. The molecule has 0 radical (unpaired) electrons. The van der Waals surface area contributed by atoms with E-state index in [2.05, 4.69) is 15.0 Å². The van der Waals surface area contributed by atoms with Crippen LogP contribution in [0, 0.1) is 0 Å². The number of nitrogens with zero attached hydrogens (tertiary/aromatic N) is 3. The minimum Gasteiger partial charge on any atom is -0.459 e. The van der Waals surface area contributed by atoms with Crippen LogP contribution in [-0.4, -0.2) is 62.3 Å². The number of carbonyl (C=O) groups excluding carboxylic acids is 3. The number of H-pyrrole nitrogens is 1. The van der Waals surface area contributed by atoms with Gasteiger partial charge in [0.25, 0.3) is 5.56 Å². The van der Waals surface area contributed by atoms with Crippen molar-refractivity contribution < 1.29 is 33.3 Å². The van der Waals surface area contributed by atoms with Crippen molar-refractivity contribution in [2.75, 3.05) is 12.3 Å². The summed E-state index contributed by atoms with van der Waals surface area (Å²) in [6.07, 6.45) is -3.66. The van der Waals surface area contributed by atoms with E-state index in [0.717, 1.165) is 0 Å². The van der Waals surface area contributed by atoms with Gasteiger partial charge in [0.1, 0.15) is 12.7 Å². The Bertz CT molecular complexity index is 1860. The number of rotatable bonds is 8. The largest absolute Gasteiger partial charge is 0.459 e. The first-order chi connectivity index (χ1) is 21.4. The van der Waals surface area contributed by atoms with Crippen LogP contribution in [0.15, 0.2) is 102 Å². The highest BCUT2D eigenvalue weighted by Crippen LogP contribution is 2.36. The molecule has 0 saturated carbocycles. The number of imidazole rings is 1. The second-order valence-electron chi connectivity index (χ2n) is 9.78. The van der Waals surface area contributed by atoms with Gasteiger partial charge in [-0.05, 0) is 36.4 Å². The van der Waals surface area contributed by atoms with Crippen molar-refractivity contribution in [1.82, 2.24) is 19.5 Å². The molecule has 1 aliphatic heterocycles. The molecule has 0 spiro atoms. The minimum absolute atomic E-state index is 0.0343. The number of hydrogen-bond donors (Lipinski definition) is 2. The second kappa shape index (κ2) is 12.2. The molecule has 13 nitrogen and oxygen atoms in total. The van der Waals surface area contributed by atoms with Crippen molar-refractivity contribution in [3.8, 4) is 0 Å². The smallest absolute Gasteiger partial charge is 0.338 e. The van der Waals surface area contributed by atoms with Crippen LogP contribution in [0.3, 0.4) is 0 Å². The van der Waals surface area contributed by atoms with Crippen molar-refractivity contribution in [3.05, 3.63) is 124 Å². The predicted octanol–water partition coefficient (Wildman–Crippen LogP) is 2.91. The zero-order valence-electron chi connectivity index (χ0n) is 22.9. The van der Waals surface area contributed by atoms with Gasteiger partial charge in [0, 0.05) is 0 Å². The Hall–Kier alpha value is -5.82. The lowest BCUT2D eigenvalue weighted by Gasteiger charge is -2.25. The first-order valence-corrected chi connectivity index (χ1v) is 13.5. The average Bonchev–Trinajstić information content (AvgIpc) is 3.62. The average molecular weight is 596 g/mol. The van der Waals surface area contributed by atoms with Crippen LogP contribution in [0.25, 0.3) is 11.2 Å². The number of aromatic nitrogens is 4. The normalized spacial score (nSPS) is 19.4. The molecule has 0 aliphatic carbocycles. The molecule has 1 saturated heterocycles. The highest BCUT2D eigenvalue weighted by molar-refractivity contribution is 5.91. The summed E-state index contributed by atoms with van der Waals surface area (Å²) in [4.78, 5) is 62.6. The third kappa shape index (κ3) is 5.76. The van der Waals surface area contributed by atoms with Crippen LogP contribution in [0.4, 0.5) is 5.95 Å². The molecule has 5 aromatic rings. The van der Waals surface area contributed by atoms with Crippen LogP contribution in [-0.2, 0) is 18.9 Å². The number of benzene rings is 3. The van der Waals surface area contributed by atoms with Gasteiger partial charge in [-0.2, -0.15) is 4.98 Å². The van der Waals surface area contributed by atoms with E-state index in [1.54, 1.807) is 91.0 Å². The van der Waals surface area contributed by atoms with E-state index in [4.69, 9.17) is 24.7 Å². The van der Waals surface area contributed by atoms with Gasteiger partial charge in [0.05, 0.1) is 23.0 Å². The molecule has 0 unspecified atom stereocenters. The van der Waals surface area contributed by atoms with Gasteiger partial charge in [-0.15, -0.1) is 0 Å². The molecule has 13 heteroatoms. The van der Waals surface area contributed by atoms with Crippen LogP contribution in [0.2, 0.25) is 0 Å². The number of ether oxygens (including phenoxy) is 4. The van der Waals surface area contributed by atoms with E-state index in [9.17, 15) is 19.2 Å². The molecular weight excluding hydrogens is 570 g/mol. The van der Waals surface area contributed by atoms with Gasteiger partial charge in [0.2, 0.25) is 5.95 Å². The summed E-state index contributed by atoms with van der Waals surface area (Å²) in [7, 11) is 0. The van der Waals surface area contributed by atoms with Crippen LogP contribution in [0.5, 0.6) is 0 Å². The highest BCUT2D eigenvalue weighted by Gasteiger charge is 2.52. The van der Waals surface area contributed by atoms with E-state index in [1.165, 1.54) is 10.9 Å². The van der Waals surface area contributed by atoms with E-state index in [-0.39, 0.29) is 34.8 Å². The van der Waals surface area contributed by atoms with Crippen LogP contribution >= 0.6 is 0 Å². The first kappa shape index (κ1) is 28.3. The SMILES string of the molecule is Nc1nc2c(ncn2[C@@H]2O[C@@H](COC(=O)c3ccccc3)[C@@H](OC(=O)c3ccccc3)[C@@H]2OC(=O)c2ccccc2)c(=O)[nH]1.